The maximum atomic E-state index is 12.9. The lowest BCUT2D eigenvalue weighted by Crippen LogP contribution is -2.16. The highest BCUT2D eigenvalue weighted by atomic mass is 19.1. The lowest BCUT2D eigenvalue weighted by atomic mass is 10.1. The molecule has 0 atom stereocenters. The number of benzene rings is 2. The minimum Gasteiger partial charge on any atom is -0.378 e. The van der Waals surface area contributed by atoms with Gasteiger partial charge in [0, 0.05) is 38.2 Å². The highest BCUT2D eigenvalue weighted by Crippen LogP contribution is 2.16. The third-order valence-corrected chi connectivity index (χ3v) is 4.14. The van der Waals surface area contributed by atoms with Crippen molar-refractivity contribution in [2.24, 2.45) is 0 Å². The quantitative estimate of drug-likeness (QED) is 0.657. The molecule has 0 fully saturated rings. The minimum absolute atomic E-state index is 0.255. The second kappa shape index (κ2) is 8.94. The molecule has 0 saturated heterocycles. The zero-order chi connectivity index (χ0) is 19.9. The molecule has 0 aliphatic carbocycles. The van der Waals surface area contributed by atoms with Crippen molar-refractivity contribution in [3.63, 3.8) is 0 Å². The normalized spacial score (nSPS) is 10.4. The topological polar surface area (TPSA) is 70.2 Å². The van der Waals surface area contributed by atoms with Crippen LogP contribution in [0.25, 0.3) is 0 Å². The van der Waals surface area contributed by atoms with Gasteiger partial charge in [0.2, 0.25) is 5.95 Å². The first-order chi connectivity index (χ1) is 13.5. The van der Waals surface area contributed by atoms with Gasteiger partial charge in [-0.05, 0) is 54.4 Å². The molecule has 0 aliphatic heterocycles. The third kappa shape index (κ3) is 5.26. The number of anilines is 3. The van der Waals surface area contributed by atoms with E-state index in [9.17, 15) is 9.18 Å². The average Bonchev–Trinajstić information content (AvgIpc) is 2.70. The molecule has 6 nitrogen and oxygen atoms in total. The van der Waals surface area contributed by atoms with Crippen molar-refractivity contribution in [3.8, 4) is 0 Å². The van der Waals surface area contributed by atoms with Crippen LogP contribution in [0.15, 0.2) is 60.8 Å². The highest BCUT2D eigenvalue weighted by Gasteiger charge is 2.09. The summed E-state index contributed by atoms with van der Waals surface area (Å²) in [5.41, 5.74) is 3.02. The molecule has 0 saturated carbocycles. The minimum atomic E-state index is -0.304. The standard InChI is InChI=1S/C21H22FN5O/c1-27(2)18-9-7-17(8-10-18)25-20(28)19-12-14-24-21(26-19)23-13-11-15-3-5-16(22)6-4-15/h3-10,12,14H,11,13H2,1-2H3,(H,25,28)(H,23,24,26). The van der Waals surface area contributed by atoms with Gasteiger partial charge in [0.25, 0.3) is 5.91 Å². The van der Waals surface area contributed by atoms with Crippen LogP contribution in [-0.4, -0.2) is 36.5 Å². The average molecular weight is 379 g/mol. The SMILES string of the molecule is CN(C)c1ccc(NC(=O)c2ccnc(NCCc3ccc(F)cc3)n2)cc1. The van der Waals surface area contributed by atoms with Crippen LogP contribution in [0.4, 0.5) is 21.7 Å². The molecular weight excluding hydrogens is 357 g/mol. The molecule has 7 heteroatoms. The summed E-state index contributed by atoms with van der Waals surface area (Å²) in [6, 6.07) is 15.5. The molecule has 3 rings (SSSR count). The molecule has 0 aliphatic rings. The predicted molar refractivity (Wildman–Crippen MR) is 109 cm³/mol. The molecular formula is C21H22FN5O. The Balaban J connectivity index is 1.57. The largest absolute Gasteiger partial charge is 0.378 e. The molecule has 0 radical (unpaired) electrons. The smallest absolute Gasteiger partial charge is 0.274 e. The second-order valence-corrected chi connectivity index (χ2v) is 6.46. The van der Waals surface area contributed by atoms with E-state index in [1.807, 2.05) is 43.3 Å². The van der Waals surface area contributed by atoms with E-state index in [0.29, 0.717) is 24.6 Å². The summed E-state index contributed by atoms with van der Waals surface area (Å²) in [6.45, 7) is 0.572. The zero-order valence-corrected chi connectivity index (χ0v) is 15.8. The Labute approximate surface area is 163 Å². The summed E-state index contributed by atoms with van der Waals surface area (Å²) in [5.74, 6) is -0.186. The van der Waals surface area contributed by atoms with Crippen molar-refractivity contribution in [2.45, 2.75) is 6.42 Å². The van der Waals surface area contributed by atoms with Crippen LogP contribution in [-0.2, 0) is 6.42 Å². The van der Waals surface area contributed by atoms with E-state index in [1.165, 1.54) is 18.3 Å². The van der Waals surface area contributed by atoms with Gasteiger partial charge in [-0.15, -0.1) is 0 Å². The van der Waals surface area contributed by atoms with Crippen LogP contribution >= 0.6 is 0 Å². The van der Waals surface area contributed by atoms with Crippen molar-refractivity contribution in [2.75, 3.05) is 36.2 Å². The molecule has 28 heavy (non-hydrogen) atoms. The van der Waals surface area contributed by atoms with E-state index in [2.05, 4.69) is 20.6 Å². The van der Waals surface area contributed by atoms with Crippen molar-refractivity contribution < 1.29 is 9.18 Å². The summed E-state index contributed by atoms with van der Waals surface area (Å²) in [4.78, 5) is 22.8. The number of amides is 1. The molecule has 0 bridgehead atoms. The molecule has 1 aromatic heterocycles. The van der Waals surface area contributed by atoms with Gasteiger partial charge in [0.05, 0.1) is 0 Å². The fourth-order valence-corrected chi connectivity index (χ4v) is 2.58. The fraction of sp³-hybridized carbons (Fsp3) is 0.190. The summed E-state index contributed by atoms with van der Waals surface area (Å²) < 4.78 is 12.9. The van der Waals surface area contributed by atoms with Crippen LogP contribution in [0.5, 0.6) is 0 Å². The summed E-state index contributed by atoms with van der Waals surface area (Å²) in [5, 5.41) is 5.91. The van der Waals surface area contributed by atoms with E-state index >= 15 is 0 Å². The van der Waals surface area contributed by atoms with Gasteiger partial charge < -0.3 is 15.5 Å². The predicted octanol–water partition coefficient (Wildman–Crippen LogP) is 3.59. The molecule has 1 amide bonds. The maximum absolute atomic E-state index is 12.9. The first-order valence-corrected chi connectivity index (χ1v) is 8.91. The number of hydrogen-bond acceptors (Lipinski definition) is 5. The van der Waals surface area contributed by atoms with Crippen molar-refractivity contribution in [1.29, 1.82) is 0 Å². The van der Waals surface area contributed by atoms with Crippen molar-refractivity contribution >= 4 is 23.2 Å². The first-order valence-electron chi connectivity index (χ1n) is 8.91. The molecule has 3 aromatic rings. The number of nitrogens with zero attached hydrogens (tertiary/aromatic N) is 3. The lowest BCUT2D eigenvalue weighted by molar-refractivity contribution is 0.102. The second-order valence-electron chi connectivity index (χ2n) is 6.46. The van der Waals surface area contributed by atoms with E-state index in [1.54, 1.807) is 18.2 Å². The molecule has 1 heterocycles. The molecule has 2 aromatic carbocycles. The number of halogens is 1. The van der Waals surface area contributed by atoms with Crippen LogP contribution in [0.3, 0.4) is 0 Å². The number of carbonyl (C=O) groups is 1. The number of rotatable bonds is 7. The Morgan fingerprint density at radius 2 is 1.75 bits per heavy atom. The van der Waals surface area contributed by atoms with E-state index in [-0.39, 0.29) is 17.4 Å². The molecule has 0 unspecified atom stereocenters. The summed E-state index contributed by atoms with van der Waals surface area (Å²) >= 11 is 0. The Bertz CT molecular complexity index is 926. The van der Waals surface area contributed by atoms with E-state index < -0.39 is 0 Å². The van der Waals surface area contributed by atoms with Crippen molar-refractivity contribution in [3.05, 3.63) is 77.9 Å². The van der Waals surface area contributed by atoms with Crippen LogP contribution in [0, 0.1) is 5.82 Å². The van der Waals surface area contributed by atoms with Gasteiger partial charge in [-0.25, -0.2) is 14.4 Å². The lowest BCUT2D eigenvalue weighted by Gasteiger charge is -2.13. The molecule has 144 valence electrons. The van der Waals surface area contributed by atoms with Gasteiger partial charge in [-0.1, -0.05) is 12.1 Å². The van der Waals surface area contributed by atoms with Crippen LogP contribution in [0.1, 0.15) is 16.1 Å². The Morgan fingerprint density at radius 1 is 1.04 bits per heavy atom. The number of aromatic nitrogens is 2. The van der Waals surface area contributed by atoms with Crippen LogP contribution < -0.4 is 15.5 Å². The molecule has 0 spiro atoms. The monoisotopic (exact) mass is 379 g/mol. The molecule has 2 N–H and O–H groups in total. The summed E-state index contributed by atoms with van der Waals surface area (Å²) in [6.07, 6.45) is 2.23. The first kappa shape index (κ1) is 19.3. The summed E-state index contributed by atoms with van der Waals surface area (Å²) in [7, 11) is 3.91. The van der Waals surface area contributed by atoms with Gasteiger partial charge in [0.15, 0.2) is 0 Å². The Hall–Kier alpha value is -3.48. The van der Waals surface area contributed by atoms with Gasteiger partial charge in [0.1, 0.15) is 11.5 Å². The van der Waals surface area contributed by atoms with Crippen LogP contribution in [0.2, 0.25) is 0 Å². The van der Waals surface area contributed by atoms with Crippen molar-refractivity contribution in [1.82, 2.24) is 9.97 Å². The number of carbonyl (C=O) groups excluding carboxylic acids is 1. The maximum Gasteiger partial charge on any atom is 0.274 e. The zero-order valence-electron chi connectivity index (χ0n) is 15.8. The van der Waals surface area contributed by atoms with E-state index in [0.717, 1.165) is 11.3 Å². The number of nitrogens with one attached hydrogen (secondary N) is 2. The van der Waals surface area contributed by atoms with Gasteiger partial charge in [-0.2, -0.15) is 0 Å². The van der Waals surface area contributed by atoms with E-state index in [4.69, 9.17) is 0 Å². The number of hydrogen-bond donors (Lipinski definition) is 2. The highest BCUT2D eigenvalue weighted by molar-refractivity contribution is 6.03. The van der Waals surface area contributed by atoms with Gasteiger partial charge in [-0.3, -0.25) is 4.79 Å². The Morgan fingerprint density at radius 3 is 2.43 bits per heavy atom. The fourth-order valence-electron chi connectivity index (χ4n) is 2.58. The Kier molecular flexibility index (Phi) is 6.16. The van der Waals surface area contributed by atoms with Gasteiger partial charge >= 0.3 is 0 Å². The third-order valence-electron chi connectivity index (χ3n) is 4.14.